The number of carboxylic acid groups (broad SMARTS) is 1. The van der Waals surface area contributed by atoms with E-state index in [4.69, 9.17) is 12.6 Å². The maximum absolute atomic E-state index is 14.6. The highest BCUT2D eigenvalue weighted by atomic mass is 32.1. The van der Waals surface area contributed by atoms with Gasteiger partial charge >= 0.3 is 5.97 Å². The minimum absolute atomic E-state index is 0.0386. The van der Waals surface area contributed by atoms with Crippen LogP contribution in [0.1, 0.15) is 43.7 Å². The molecule has 2 saturated heterocycles. The molecule has 0 bridgehead atoms. The van der Waals surface area contributed by atoms with Gasteiger partial charge in [0.05, 0.1) is 6.04 Å². The summed E-state index contributed by atoms with van der Waals surface area (Å²) >= 11 is 4.73. The van der Waals surface area contributed by atoms with Gasteiger partial charge in [-0.05, 0) is 50.3 Å². The summed E-state index contributed by atoms with van der Waals surface area (Å²) < 4.78 is 14.6. The van der Waals surface area contributed by atoms with Crippen LogP contribution in [0, 0.1) is 11.7 Å². The molecule has 5 nitrogen and oxygen atoms in total. The Morgan fingerprint density at radius 3 is 2.67 bits per heavy atom. The van der Waals surface area contributed by atoms with Crippen molar-refractivity contribution in [3.8, 4) is 0 Å². The van der Waals surface area contributed by atoms with Gasteiger partial charge < -0.3 is 5.11 Å². The van der Waals surface area contributed by atoms with Crippen LogP contribution in [0.25, 0.3) is 0 Å². The van der Waals surface area contributed by atoms with Crippen LogP contribution < -0.4 is 0 Å². The SMILES string of the molecule is O=C(C1CC1)C(c1ccccc1F)N1CCC(S)/C(=C/CN2CCC[C@H]2C(=O)O)C1. The molecule has 2 heterocycles. The number of rotatable bonds is 7. The van der Waals surface area contributed by atoms with Crippen molar-refractivity contribution >= 4 is 24.4 Å². The quantitative estimate of drug-likeness (QED) is 0.511. The first-order valence-electron chi connectivity index (χ1n) is 10.8. The third kappa shape index (κ3) is 4.63. The van der Waals surface area contributed by atoms with Crippen molar-refractivity contribution in [2.45, 2.75) is 49.4 Å². The highest BCUT2D eigenvalue weighted by Crippen LogP contribution is 2.39. The molecule has 30 heavy (non-hydrogen) atoms. The third-order valence-corrected chi connectivity index (χ3v) is 7.14. The Balaban J connectivity index is 1.53. The molecule has 1 aromatic rings. The summed E-state index contributed by atoms with van der Waals surface area (Å²) in [6.45, 7) is 2.58. The van der Waals surface area contributed by atoms with Crippen molar-refractivity contribution in [1.82, 2.24) is 9.80 Å². The molecule has 1 aromatic carbocycles. The van der Waals surface area contributed by atoms with E-state index < -0.39 is 18.1 Å². The number of carbonyl (C=O) groups excluding carboxylic acids is 1. The van der Waals surface area contributed by atoms with Gasteiger partial charge in [0.2, 0.25) is 0 Å². The van der Waals surface area contributed by atoms with Gasteiger partial charge in [-0.1, -0.05) is 24.3 Å². The predicted molar refractivity (Wildman–Crippen MR) is 116 cm³/mol. The molecule has 0 spiro atoms. The van der Waals surface area contributed by atoms with E-state index in [1.165, 1.54) is 6.07 Å². The molecule has 1 saturated carbocycles. The molecule has 0 amide bonds. The molecule has 4 rings (SSSR count). The van der Waals surface area contributed by atoms with Crippen LogP contribution in [-0.2, 0) is 9.59 Å². The second-order valence-electron chi connectivity index (χ2n) is 8.65. The van der Waals surface area contributed by atoms with Crippen molar-refractivity contribution in [2.75, 3.05) is 26.2 Å². The Morgan fingerprint density at radius 1 is 1.20 bits per heavy atom. The van der Waals surface area contributed by atoms with E-state index in [-0.39, 0.29) is 22.8 Å². The number of carboxylic acids is 1. The fraction of sp³-hybridized carbons (Fsp3) is 0.565. The second-order valence-corrected chi connectivity index (χ2v) is 9.27. The smallest absolute Gasteiger partial charge is 0.320 e. The Labute approximate surface area is 182 Å². The van der Waals surface area contributed by atoms with Crippen LogP contribution in [0.4, 0.5) is 4.39 Å². The molecule has 3 fully saturated rings. The monoisotopic (exact) mass is 432 g/mol. The largest absolute Gasteiger partial charge is 0.480 e. The second kappa shape index (κ2) is 9.20. The first-order chi connectivity index (χ1) is 14.5. The molecule has 0 radical (unpaired) electrons. The molecule has 7 heteroatoms. The van der Waals surface area contributed by atoms with E-state index in [0.29, 0.717) is 31.6 Å². The van der Waals surface area contributed by atoms with E-state index in [0.717, 1.165) is 37.8 Å². The zero-order valence-electron chi connectivity index (χ0n) is 17.0. The van der Waals surface area contributed by atoms with Crippen molar-refractivity contribution < 1.29 is 19.1 Å². The molecule has 1 N–H and O–H groups in total. The van der Waals surface area contributed by atoms with Crippen LogP contribution in [0.3, 0.4) is 0 Å². The number of carbonyl (C=O) groups is 2. The van der Waals surface area contributed by atoms with Crippen LogP contribution >= 0.6 is 12.6 Å². The molecule has 0 aromatic heterocycles. The lowest BCUT2D eigenvalue weighted by Crippen LogP contribution is -2.43. The standard InChI is InChI=1S/C23H29FN2O3S/c24-18-5-2-1-4-17(18)21(22(27)15-7-8-15)26-13-10-20(30)16(14-26)9-12-25-11-3-6-19(25)23(28)29/h1-2,4-5,9,15,19-21,30H,3,6-8,10-14H2,(H,28,29)/b16-9+/t19-,20?,21?/m0/s1. The lowest BCUT2D eigenvalue weighted by atomic mass is 9.93. The number of hydrogen-bond acceptors (Lipinski definition) is 5. The van der Waals surface area contributed by atoms with E-state index in [9.17, 15) is 19.1 Å². The van der Waals surface area contributed by atoms with Crippen LogP contribution in [0.15, 0.2) is 35.9 Å². The normalized spacial score (nSPS) is 28.0. The minimum Gasteiger partial charge on any atom is -0.480 e. The molecule has 3 aliphatic rings. The third-order valence-electron chi connectivity index (χ3n) is 6.55. The molecule has 2 unspecified atom stereocenters. The molecule has 3 atom stereocenters. The Morgan fingerprint density at radius 2 is 1.97 bits per heavy atom. The predicted octanol–water partition coefficient (Wildman–Crippen LogP) is 3.33. The van der Waals surface area contributed by atoms with Gasteiger partial charge in [-0.3, -0.25) is 19.4 Å². The Bertz CT molecular complexity index is 841. The van der Waals surface area contributed by atoms with Gasteiger partial charge in [0, 0.05) is 36.4 Å². The number of benzene rings is 1. The Hall–Kier alpha value is -1.70. The van der Waals surface area contributed by atoms with Gasteiger partial charge in [0.25, 0.3) is 0 Å². The summed E-state index contributed by atoms with van der Waals surface area (Å²) in [6.07, 6.45) is 6.20. The average molecular weight is 433 g/mol. The summed E-state index contributed by atoms with van der Waals surface area (Å²) in [5.74, 6) is -0.955. The fourth-order valence-corrected chi connectivity index (χ4v) is 4.99. The highest BCUT2D eigenvalue weighted by Gasteiger charge is 2.41. The van der Waals surface area contributed by atoms with Gasteiger partial charge in [0.15, 0.2) is 5.78 Å². The van der Waals surface area contributed by atoms with Crippen molar-refractivity contribution in [2.24, 2.45) is 5.92 Å². The van der Waals surface area contributed by atoms with Crippen LogP contribution in [0.5, 0.6) is 0 Å². The van der Waals surface area contributed by atoms with Crippen molar-refractivity contribution in [1.29, 1.82) is 0 Å². The Kier molecular flexibility index (Phi) is 6.60. The zero-order valence-corrected chi connectivity index (χ0v) is 17.9. The number of piperidine rings is 1. The maximum Gasteiger partial charge on any atom is 0.320 e. The number of thiol groups is 1. The molecular formula is C23H29FN2O3S. The van der Waals surface area contributed by atoms with Crippen LogP contribution in [0.2, 0.25) is 0 Å². The fourth-order valence-electron chi connectivity index (χ4n) is 4.69. The zero-order chi connectivity index (χ0) is 21.3. The number of nitrogens with zero attached hydrogens (tertiary/aromatic N) is 2. The summed E-state index contributed by atoms with van der Waals surface area (Å²) in [7, 11) is 0. The van der Waals surface area contributed by atoms with E-state index in [2.05, 4.69) is 11.0 Å². The summed E-state index contributed by atoms with van der Waals surface area (Å²) in [5.41, 5.74) is 1.54. The molecular weight excluding hydrogens is 403 g/mol. The number of Topliss-reactive ketones (excluding diaryl/α,β-unsaturated/α-hetero) is 1. The van der Waals surface area contributed by atoms with E-state index in [1.807, 2.05) is 4.90 Å². The molecule has 2 aliphatic heterocycles. The average Bonchev–Trinajstić information content (AvgIpc) is 3.47. The maximum atomic E-state index is 14.6. The number of hydrogen-bond donors (Lipinski definition) is 2. The van der Waals surface area contributed by atoms with Gasteiger partial charge in [-0.15, -0.1) is 0 Å². The summed E-state index contributed by atoms with van der Waals surface area (Å²) in [6, 6.07) is 5.58. The van der Waals surface area contributed by atoms with Gasteiger partial charge in [-0.2, -0.15) is 12.6 Å². The molecule has 162 valence electrons. The number of aliphatic carboxylic acids is 1. The number of halogens is 1. The van der Waals surface area contributed by atoms with Crippen LogP contribution in [-0.4, -0.2) is 64.1 Å². The lowest BCUT2D eigenvalue weighted by Gasteiger charge is -2.38. The molecule has 1 aliphatic carbocycles. The van der Waals surface area contributed by atoms with Gasteiger partial charge in [0.1, 0.15) is 11.9 Å². The topological polar surface area (TPSA) is 60.9 Å². The van der Waals surface area contributed by atoms with Crippen molar-refractivity contribution in [3.63, 3.8) is 0 Å². The summed E-state index contributed by atoms with van der Waals surface area (Å²) in [4.78, 5) is 28.6. The van der Waals surface area contributed by atoms with Gasteiger partial charge in [-0.25, -0.2) is 4.39 Å². The lowest BCUT2D eigenvalue weighted by molar-refractivity contribution is -0.142. The minimum atomic E-state index is -0.770. The first kappa shape index (κ1) is 21.5. The highest BCUT2D eigenvalue weighted by molar-refractivity contribution is 7.81. The van der Waals surface area contributed by atoms with E-state index in [1.54, 1.807) is 18.2 Å². The number of ketones is 1. The number of likely N-dealkylation sites (tertiary alicyclic amines) is 2. The van der Waals surface area contributed by atoms with Crippen molar-refractivity contribution in [3.05, 3.63) is 47.3 Å². The van der Waals surface area contributed by atoms with E-state index >= 15 is 0 Å². The first-order valence-corrected chi connectivity index (χ1v) is 11.3. The summed E-state index contributed by atoms with van der Waals surface area (Å²) in [5, 5.41) is 9.47.